The van der Waals surface area contributed by atoms with Crippen LogP contribution in [0.4, 0.5) is 0 Å². The molecule has 0 aliphatic carbocycles. The van der Waals surface area contributed by atoms with Crippen molar-refractivity contribution in [2.45, 2.75) is 12.8 Å². The molecule has 0 atom stereocenters. The Bertz CT molecular complexity index is 752. The van der Waals surface area contributed by atoms with E-state index in [4.69, 9.17) is 5.11 Å². The zero-order valence-corrected chi connectivity index (χ0v) is 10.6. The summed E-state index contributed by atoms with van der Waals surface area (Å²) in [6.45, 7) is 0. The Morgan fingerprint density at radius 3 is 2.85 bits per heavy atom. The van der Waals surface area contributed by atoms with Crippen molar-refractivity contribution in [2.24, 2.45) is 0 Å². The minimum Gasteiger partial charge on any atom is -0.481 e. The molecule has 1 N–H and O–H groups in total. The number of carboxylic acids is 1. The fourth-order valence-corrected chi connectivity index (χ4v) is 1.94. The number of aromatic nitrogens is 4. The summed E-state index contributed by atoms with van der Waals surface area (Å²) in [5.41, 5.74) is 2.96. The van der Waals surface area contributed by atoms with E-state index in [2.05, 4.69) is 15.1 Å². The van der Waals surface area contributed by atoms with Gasteiger partial charge < -0.3 is 5.11 Å². The lowest BCUT2D eigenvalue weighted by Gasteiger charge is -1.99. The summed E-state index contributed by atoms with van der Waals surface area (Å²) >= 11 is 0. The van der Waals surface area contributed by atoms with Crippen LogP contribution in [0.25, 0.3) is 17.0 Å². The van der Waals surface area contributed by atoms with Crippen molar-refractivity contribution >= 4 is 11.6 Å². The molecular weight excluding hydrogens is 256 g/mol. The molecule has 6 nitrogen and oxygen atoms in total. The quantitative estimate of drug-likeness (QED) is 0.780. The average Bonchev–Trinajstić information content (AvgIpc) is 2.88. The predicted molar refractivity (Wildman–Crippen MR) is 72.2 cm³/mol. The third-order valence-corrected chi connectivity index (χ3v) is 2.89. The number of carboxylic acid groups (broad SMARTS) is 1. The summed E-state index contributed by atoms with van der Waals surface area (Å²) in [5.74, 6) is -0.829. The van der Waals surface area contributed by atoms with Gasteiger partial charge in [-0.3, -0.25) is 9.78 Å². The largest absolute Gasteiger partial charge is 0.481 e. The van der Waals surface area contributed by atoms with E-state index >= 15 is 0 Å². The van der Waals surface area contributed by atoms with Gasteiger partial charge in [-0.05, 0) is 24.3 Å². The number of fused-ring (bicyclic) bond motifs is 1. The summed E-state index contributed by atoms with van der Waals surface area (Å²) in [5, 5.41) is 13.1. The van der Waals surface area contributed by atoms with Gasteiger partial charge in [0.2, 0.25) is 0 Å². The highest BCUT2D eigenvalue weighted by Gasteiger charge is 2.07. The average molecular weight is 268 g/mol. The Morgan fingerprint density at radius 1 is 1.20 bits per heavy atom. The van der Waals surface area contributed by atoms with Crippen molar-refractivity contribution in [3.05, 3.63) is 48.4 Å². The molecule has 0 aliphatic rings. The van der Waals surface area contributed by atoms with E-state index < -0.39 is 5.97 Å². The van der Waals surface area contributed by atoms with Gasteiger partial charge in [-0.2, -0.15) is 5.10 Å². The van der Waals surface area contributed by atoms with Gasteiger partial charge in [0.05, 0.1) is 24.0 Å². The molecule has 3 heterocycles. The number of imidazole rings is 1. The molecule has 6 heteroatoms. The van der Waals surface area contributed by atoms with Crippen LogP contribution in [0.5, 0.6) is 0 Å². The van der Waals surface area contributed by atoms with Gasteiger partial charge in [0, 0.05) is 12.6 Å². The summed E-state index contributed by atoms with van der Waals surface area (Å²) in [7, 11) is 0. The van der Waals surface area contributed by atoms with E-state index in [1.54, 1.807) is 16.9 Å². The van der Waals surface area contributed by atoms with Crippen LogP contribution in [0.1, 0.15) is 12.1 Å². The third-order valence-electron chi connectivity index (χ3n) is 2.89. The van der Waals surface area contributed by atoms with E-state index in [1.807, 2.05) is 30.3 Å². The number of hydrogen-bond donors (Lipinski definition) is 1. The Balaban J connectivity index is 1.93. The molecule has 0 aliphatic heterocycles. The van der Waals surface area contributed by atoms with Gasteiger partial charge in [-0.1, -0.05) is 6.07 Å². The van der Waals surface area contributed by atoms with Gasteiger partial charge >= 0.3 is 5.97 Å². The molecule has 20 heavy (non-hydrogen) atoms. The molecular formula is C14H12N4O2. The fourth-order valence-electron chi connectivity index (χ4n) is 1.94. The molecule has 100 valence electrons. The Hall–Kier alpha value is -2.76. The summed E-state index contributed by atoms with van der Waals surface area (Å²) in [4.78, 5) is 19.2. The summed E-state index contributed by atoms with van der Waals surface area (Å²) < 4.78 is 1.65. The Kier molecular flexibility index (Phi) is 3.12. The van der Waals surface area contributed by atoms with Gasteiger partial charge in [0.1, 0.15) is 5.69 Å². The van der Waals surface area contributed by atoms with Crippen LogP contribution in [0, 0.1) is 0 Å². The topological polar surface area (TPSA) is 80.4 Å². The van der Waals surface area contributed by atoms with E-state index in [0.717, 1.165) is 17.1 Å². The van der Waals surface area contributed by atoms with Gasteiger partial charge in [0.25, 0.3) is 0 Å². The minimum atomic E-state index is -0.829. The monoisotopic (exact) mass is 268 g/mol. The lowest BCUT2D eigenvalue weighted by atomic mass is 10.2. The van der Waals surface area contributed by atoms with E-state index in [1.165, 1.54) is 0 Å². The number of nitrogens with zero attached hydrogens (tertiary/aromatic N) is 4. The highest BCUT2D eigenvalue weighted by molar-refractivity contribution is 5.67. The van der Waals surface area contributed by atoms with Crippen LogP contribution in [-0.2, 0) is 11.2 Å². The first-order chi connectivity index (χ1) is 9.72. The molecule has 3 rings (SSSR count). The Morgan fingerprint density at radius 2 is 2.10 bits per heavy atom. The molecule has 0 fully saturated rings. The number of pyridine rings is 1. The maximum atomic E-state index is 10.6. The minimum absolute atomic E-state index is 0.0664. The molecule has 0 saturated heterocycles. The summed E-state index contributed by atoms with van der Waals surface area (Å²) in [6, 6.07) is 9.34. The van der Waals surface area contributed by atoms with Crippen molar-refractivity contribution in [2.75, 3.05) is 0 Å². The number of aryl methyl sites for hydroxylation is 1. The maximum Gasteiger partial charge on any atom is 0.303 e. The first-order valence-corrected chi connectivity index (χ1v) is 6.21. The molecule has 0 radical (unpaired) electrons. The first-order valence-electron chi connectivity index (χ1n) is 6.21. The number of hydrogen-bond acceptors (Lipinski definition) is 4. The van der Waals surface area contributed by atoms with Crippen molar-refractivity contribution < 1.29 is 9.90 Å². The molecule has 3 aromatic heterocycles. The smallest absolute Gasteiger partial charge is 0.303 e. The third kappa shape index (κ3) is 2.49. The van der Waals surface area contributed by atoms with Crippen LogP contribution >= 0.6 is 0 Å². The van der Waals surface area contributed by atoms with E-state index in [9.17, 15) is 4.79 Å². The van der Waals surface area contributed by atoms with Crippen molar-refractivity contribution in [1.82, 2.24) is 19.6 Å². The van der Waals surface area contributed by atoms with Gasteiger partial charge in [0.15, 0.2) is 5.65 Å². The second kappa shape index (κ2) is 5.08. The number of rotatable bonds is 4. The summed E-state index contributed by atoms with van der Waals surface area (Å²) in [6.07, 6.45) is 3.94. The normalized spacial score (nSPS) is 10.8. The molecule has 0 bridgehead atoms. The standard InChI is InChI=1S/C14H12N4O2/c19-14(20)7-4-10-9-18-13(16-10)6-5-12(17-18)11-3-1-2-8-15-11/h1-3,5-6,8-9H,4,7H2,(H,19,20). The highest BCUT2D eigenvalue weighted by atomic mass is 16.4. The van der Waals surface area contributed by atoms with Crippen LogP contribution < -0.4 is 0 Å². The molecule has 0 amide bonds. The Labute approximate surface area is 114 Å². The second-order valence-corrected chi connectivity index (χ2v) is 4.36. The van der Waals surface area contributed by atoms with Crippen molar-refractivity contribution in [3.8, 4) is 11.4 Å². The lowest BCUT2D eigenvalue weighted by Crippen LogP contribution is -1.97. The molecule has 0 spiro atoms. The molecule has 3 aromatic rings. The van der Waals surface area contributed by atoms with Gasteiger partial charge in [-0.15, -0.1) is 0 Å². The molecule has 0 aromatic carbocycles. The molecule has 0 unspecified atom stereocenters. The fraction of sp³-hybridized carbons (Fsp3) is 0.143. The van der Waals surface area contributed by atoms with Crippen LogP contribution in [0.3, 0.4) is 0 Å². The SMILES string of the molecule is O=C(O)CCc1cn2nc(-c3ccccn3)ccc2n1. The zero-order valence-electron chi connectivity index (χ0n) is 10.6. The van der Waals surface area contributed by atoms with E-state index in [-0.39, 0.29) is 6.42 Å². The second-order valence-electron chi connectivity index (χ2n) is 4.36. The number of carbonyl (C=O) groups is 1. The van der Waals surface area contributed by atoms with Crippen molar-refractivity contribution in [1.29, 1.82) is 0 Å². The first kappa shape index (κ1) is 12.3. The zero-order chi connectivity index (χ0) is 13.9. The van der Waals surface area contributed by atoms with Gasteiger partial charge in [-0.25, -0.2) is 9.50 Å². The van der Waals surface area contributed by atoms with Crippen molar-refractivity contribution in [3.63, 3.8) is 0 Å². The number of aliphatic carboxylic acids is 1. The highest BCUT2D eigenvalue weighted by Crippen LogP contribution is 2.14. The molecule has 0 saturated carbocycles. The predicted octanol–water partition coefficient (Wildman–Crippen LogP) is 1.81. The van der Waals surface area contributed by atoms with E-state index in [0.29, 0.717) is 12.1 Å². The maximum absolute atomic E-state index is 10.6. The van der Waals surface area contributed by atoms with Crippen LogP contribution in [-0.4, -0.2) is 30.7 Å². The van der Waals surface area contributed by atoms with Crippen LogP contribution in [0.2, 0.25) is 0 Å². The lowest BCUT2D eigenvalue weighted by molar-refractivity contribution is -0.136. The van der Waals surface area contributed by atoms with Crippen LogP contribution in [0.15, 0.2) is 42.7 Å².